The summed E-state index contributed by atoms with van der Waals surface area (Å²) >= 11 is 0. The number of nitrogens with zero attached hydrogens (tertiary/aromatic N) is 2. The molecule has 20 heavy (non-hydrogen) atoms. The molecule has 1 fully saturated rings. The Morgan fingerprint density at radius 2 is 2.00 bits per heavy atom. The maximum absolute atomic E-state index is 9.82. The Labute approximate surface area is 118 Å². The summed E-state index contributed by atoms with van der Waals surface area (Å²) < 4.78 is 5.43. The molecule has 0 amide bonds. The van der Waals surface area contributed by atoms with Crippen molar-refractivity contribution in [2.75, 3.05) is 6.54 Å². The van der Waals surface area contributed by atoms with Gasteiger partial charge in [-0.1, -0.05) is 5.16 Å². The van der Waals surface area contributed by atoms with Crippen molar-refractivity contribution in [2.45, 2.75) is 39.2 Å². The molecule has 0 saturated carbocycles. The normalized spacial score (nSPS) is 22.4. The van der Waals surface area contributed by atoms with Gasteiger partial charge in [0, 0.05) is 5.56 Å². The first-order valence-electron chi connectivity index (χ1n) is 6.89. The van der Waals surface area contributed by atoms with Crippen LogP contribution in [0.2, 0.25) is 0 Å². The Kier molecular flexibility index (Phi) is 3.01. The van der Waals surface area contributed by atoms with Crippen molar-refractivity contribution in [1.29, 1.82) is 0 Å². The smallest absolute Gasteiger partial charge is 0.246 e. The number of rotatable bonds is 2. The Balaban J connectivity index is 1.98. The van der Waals surface area contributed by atoms with Gasteiger partial charge in [-0.05, 0) is 63.4 Å². The summed E-state index contributed by atoms with van der Waals surface area (Å²) in [6, 6.07) is 3.75. The molecule has 0 aliphatic carbocycles. The SMILES string of the molecule is Cc1cc(-c2noc(C3(C)CCCN3)n2)cc(C)c1O. The van der Waals surface area contributed by atoms with Crippen LogP contribution in [0.5, 0.6) is 5.75 Å². The lowest BCUT2D eigenvalue weighted by Gasteiger charge is -2.18. The molecule has 0 bridgehead atoms. The van der Waals surface area contributed by atoms with Crippen LogP contribution in [-0.2, 0) is 5.54 Å². The number of benzene rings is 1. The highest BCUT2D eigenvalue weighted by molar-refractivity contribution is 5.60. The maximum atomic E-state index is 9.82. The van der Waals surface area contributed by atoms with Crippen molar-refractivity contribution in [3.05, 3.63) is 29.2 Å². The molecule has 1 aliphatic heterocycles. The number of hydrogen-bond acceptors (Lipinski definition) is 5. The quantitative estimate of drug-likeness (QED) is 0.880. The molecule has 0 spiro atoms. The minimum absolute atomic E-state index is 0.216. The van der Waals surface area contributed by atoms with Crippen molar-refractivity contribution in [3.63, 3.8) is 0 Å². The lowest BCUT2D eigenvalue weighted by Crippen LogP contribution is -2.33. The van der Waals surface area contributed by atoms with Crippen molar-refractivity contribution in [1.82, 2.24) is 15.5 Å². The van der Waals surface area contributed by atoms with Gasteiger partial charge in [0.15, 0.2) is 0 Å². The van der Waals surface area contributed by atoms with Crippen molar-refractivity contribution < 1.29 is 9.63 Å². The highest BCUT2D eigenvalue weighted by Crippen LogP contribution is 2.32. The summed E-state index contributed by atoms with van der Waals surface area (Å²) in [6.45, 7) is 6.80. The summed E-state index contributed by atoms with van der Waals surface area (Å²) in [4.78, 5) is 4.52. The molecule has 3 rings (SSSR count). The first-order valence-corrected chi connectivity index (χ1v) is 6.89. The van der Waals surface area contributed by atoms with Crippen LogP contribution in [0.25, 0.3) is 11.4 Å². The van der Waals surface area contributed by atoms with E-state index in [2.05, 4.69) is 22.4 Å². The fourth-order valence-electron chi connectivity index (χ4n) is 2.73. The zero-order chi connectivity index (χ0) is 14.3. The number of aromatic hydroxyl groups is 1. The molecule has 0 radical (unpaired) electrons. The van der Waals surface area contributed by atoms with Gasteiger partial charge in [0.05, 0.1) is 5.54 Å². The summed E-state index contributed by atoms with van der Waals surface area (Å²) in [5.41, 5.74) is 2.29. The molecule has 2 heterocycles. The molecule has 5 heteroatoms. The molecular formula is C15H19N3O2. The van der Waals surface area contributed by atoms with E-state index in [4.69, 9.17) is 4.52 Å². The molecule has 5 nitrogen and oxygen atoms in total. The second-order valence-corrected chi connectivity index (χ2v) is 5.74. The highest BCUT2D eigenvalue weighted by Gasteiger charge is 2.35. The molecule has 1 aromatic heterocycles. The monoisotopic (exact) mass is 273 g/mol. The first kappa shape index (κ1) is 13.1. The molecule has 1 saturated heterocycles. The Hall–Kier alpha value is -1.88. The number of phenolic OH excluding ortho intramolecular Hbond substituents is 1. The number of nitrogens with one attached hydrogen (secondary N) is 1. The van der Waals surface area contributed by atoms with E-state index in [0.717, 1.165) is 36.1 Å². The third-order valence-electron chi connectivity index (χ3n) is 4.02. The number of phenols is 1. The van der Waals surface area contributed by atoms with Gasteiger partial charge >= 0.3 is 0 Å². The van der Waals surface area contributed by atoms with E-state index in [-0.39, 0.29) is 5.54 Å². The molecule has 1 unspecified atom stereocenters. The molecule has 106 valence electrons. The predicted octanol–water partition coefficient (Wildman–Crippen LogP) is 2.66. The molecule has 1 aliphatic rings. The van der Waals surface area contributed by atoms with Crippen LogP contribution in [0.3, 0.4) is 0 Å². The summed E-state index contributed by atoms with van der Waals surface area (Å²) in [6.07, 6.45) is 2.12. The van der Waals surface area contributed by atoms with Crippen LogP contribution in [-0.4, -0.2) is 21.8 Å². The van der Waals surface area contributed by atoms with Crippen molar-refractivity contribution >= 4 is 0 Å². The van der Waals surface area contributed by atoms with Crippen LogP contribution in [0, 0.1) is 13.8 Å². The van der Waals surface area contributed by atoms with E-state index in [1.54, 1.807) is 0 Å². The van der Waals surface area contributed by atoms with Gasteiger partial charge in [0.25, 0.3) is 0 Å². The zero-order valence-electron chi connectivity index (χ0n) is 12.0. The van der Waals surface area contributed by atoms with Crippen LogP contribution in [0.15, 0.2) is 16.7 Å². The van der Waals surface area contributed by atoms with Crippen LogP contribution < -0.4 is 5.32 Å². The van der Waals surface area contributed by atoms with E-state index < -0.39 is 0 Å². The number of aromatic nitrogens is 2. The molecule has 1 aromatic carbocycles. The summed E-state index contributed by atoms with van der Waals surface area (Å²) in [7, 11) is 0. The molecule has 2 N–H and O–H groups in total. The Morgan fingerprint density at radius 3 is 2.60 bits per heavy atom. The molecule has 1 atom stereocenters. The fourth-order valence-corrected chi connectivity index (χ4v) is 2.73. The average Bonchev–Trinajstić information content (AvgIpc) is 3.05. The second-order valence-electron chi connectivity index (χ2n) is 5.74. The van der Waals surface area contributed by atoms with E-state index in [9.17, 15) is 5.11 Å². The number of hydrogen-bond donors (Lipinski definition) is 2. The second kappa shape index (κ2) is 4.59. The number of aryl methyl sites for hydroxylation is 2. The third-order valence-corrected chi connectivity index (χ3v) is 4.02. The molecule has 2 aromatic rings. The summed E-state index contributed by atoms with van der Waals surface area (Å²) in [5, 5.41) is 17.3. The topological polar surface area (TPSA) is 71.2 Å². The van der Waals surface area contributed by atoms with Gasteiger partial charge in [0.1, 0.15) is 5.75 Å². The minimum atomic E-state index is -0.216. The fraction of sp³-hybridized carbons (Fsp3) is 0.467. The van der Waals surface area contributed by atoms with Crippen molar-refractivity contribution in [3.8, 4) is 17.1 Å². The van der Waals surface area contributed by atoms with Gasteiger partial charge in [-0.15, -0.1) is 0 Å². The van der Waals surface area contributed by atoms with E-state index in [1.165, 1.54) is 0 Å². The van der Waals surface area contributed by atoms with E-state index in [1.807, 2.05) is 26.0 Å². The van der Waals surface area contributed by atoms with Crippen LogP contribution in [0.1, 0.15) is 36.8 Å². The van der Waals surface area contributed by atoms with Gasteiger partial charge in [-0.3, -0.25) is 0 Å². The largest absolute Gasteiger partial charge is 0.507 e. The maximum Gasteiger partial charge on any atom is 0.246 e. The van der Waals surface area contributed by atoms with Gasteiger partial charge in [-0.2, -0.15) is 4.98 Å². The van der Waals surface area contributed by atoms with Gasteiger partial charge < -0.3 is 14.9 Å². The zero-order valence-corrected chi connectivity index (χ0v) is 12.0. The standard InChI is InChI=1S/C15H19N3O2/c1-9-7-11(8-10(2)12(9)19)13-17-14(20-18-13)15(3)5-4-6-16-15/h7-8,16,19H,4-6H2,1-3H3. The lowest BCUT2D eigenvalue weighted by molar-refractivity contribution is 0.275. The van der Waals surface area contributed by atoms with E-state index in [0.29, 0.717) is 17.5 Å². The predicted molar refractivity (Wildman–Crippen MR) is 75.5 cm³/mol. The Bertz CT molecular complexity index is 619. The summed E-state index contributed by atoms with van der Waals surface area (Å²) in [5.74, 6) is 1.52. The lowest BCUT2D eigenvalue weighted by atomic mass is 10.0. The Morgan fingerprint density at radius 1 is 1.30 bits per heavy atom. The minimum Gasteiger partial charge on any atom is -0.507 e. The van der Waals surface area contributed by atoms with E-state index >= 15 is 0 Å². The van der Waals surface area contributed by atoms with Crippen LogP contribution >= 0.6 is 0 Å². The first-order chi connectivity index (χ1) is 9.49. The van der Waals surface area contributed by atoms with Crippen molar-refractivity contribution in [2.24, 2.45) is 0 Å². The third kappa shape index (κ3) is 2.08. The van der Waals surface area contributed by atoms with Crippen LogP contribution in [0.4, 0.5) is 0 Å². The average molecular weight is 273 g/mol. The van der Waals surface area contributed by atoms with Gasteiger partial charge in [-0.25, -0.2) is 0 Å². The van der Waals surface area contributed by atoms with Gasteiger partial charge in [0.2, 0.25) is 11.7 Å². The molecular weight excluding hydrogens is 254 g/mol. The highest BCUT2D eigenvalue weighted by atomic mass is 16.5.